The fraction of sp³-hybridized carbons (Fsp3) is 0.304. The number of urea groups is 1. The van der Waals surface area contributed by atoms with Gasteiger partial charge in [0.15, 0.2) is 0 Å². The van der Waals surface area contributed by atoms with Crippen LogP contribution in [0.15, 0.2) is 42.5 Å². The van der Waals surface area contributed by atoms with E-state index in [0.29, 0.717) is 22.9 Å². The Morgan fingerprint density at radius 1 is 0.968 bits per heavy atom. The number of carbonyl (C=O) groups excluding carboxylic acids is 1. The van der Waals surface area contributed by atoms with Crippen molar-refractivity contribution in [2.24, 2.45) is 0 Å². The number of morpholine rings is 1. The molecule has 0 aliphatic carbocycles. The van der Waals surface area contributed by atoms with E-state index in [1.165, 1.54) is 0 Å². The van der Waals surface area contributed by atoms with E-state index in [2.05, 4.69) is 28.5 Å². The van der Waals surface area contributed by atoms with Gasteiger partial charge in [-0.2, -0.15) is 0 Å². The first-order valence-corrected chi connectivity index (χ1v) is 10.1. The summed E-state index contributed by atoms with van der Waals surface area (Å²) in [6.45, 7) is 5.17. The number of rotatable bonds is 5. The zero-order chi connectivity index (χ0) is 21.8. The van der Waals surface area contributed by atoms with E-state index in [4.69, 9.17) is 19.2 Å². The molecule has 0 bridgehead atoms. The van der Waals surface area contributed by atoms with E-state index in [1.54, 1.807) is 32.4 Å². The Kier molecular flexibility index (Phi) is 6.08. The minimum atomic E-state index is -0.356. The average Bonchev–Trinajstić information content (AvgIpc) is 2.79. The molecule has 162 valence electrons. The van der Waals surface area contributed by atoms with Crippen LogP contribution in [0.4, 0.5) is 22.0 Å². The van der Waals surface area contributed by atoms with Gasteiger partial charge in [0.1, 0.15) is 17.3 Å². The molecule has 2 heterocycles. The number of aromatic nitrogens is 1. The molecule has 0 radical (unpaired) electrons. The summed E-state index contributed by atoms with van der Waals surface area (Å²) in [6.07, 6.45) is 0. The van der Waals surface area contributed by atoms with Crippen molar-refractivity contribution in [3.8, 4) is 11.5 Å². The molecule has 31 heavy (non-hydrogen) atoms. The maximum Gasteiger partial charge on any atom is 0.323 e. The fourth-order valence-electron chi connectivity index (χ4n) is 3.58. The molecule has 4 rings (SSSR count). The number of fused-ring (bicyclic) bond motifs is 1. The quantitative estimate of drug-likeness (QED) is 0.646. The standard InChI is InChI=1S/C23H26N4O4/c1-15-10-22(27-6-8-31-9-7-27)26-21-5-4-16(13-20(15)21)24-23(28)25-17-11-18(29-2)14-19(12-17)30-3/h4-5,10-14H,6-9H2,1-3H3,(H2,24,25,28). The number of anilines is 3. The summed E-state index contributed by atoms with van der Waals surface area (Å²) < 4.78 is 15.9. The molecule has 1 aromatic heterocycles. The molecular weight excluding hydrogens is 396 g/mol. The maximum atomic E-state index is 12.5. The van der Waals surface area contributed by atoms with Crippen molar-refractivity contribution in [3.63, 3.8) is 0 Å². The number of nitrogens with zero attached hydrogens (tertiary/aromatic N) is 2. The van der Waals surface area contributed by atoms with Crippen LogP contribution in [0.25, 0.3) is 10.9 Å². The van der Waals surface area contributed by atoms with E-state index in [-0.39, 0.29) is 6.03 Å². The fourth-order valence-corrected chi connectivity index (χ4v) is 3.58. The van der Waals surface area contributed by atoms with Crippen LogP contribution in [0.3, 0.4) is 0 Å². The molecule has 0 saturated carbocycles. The second-order valence-corrected chi connectivity index (χ2v) is 7.31. The van der Waals surface area contributed by atoms with E-state index in [1.807, 2.05) is 18.2 Å². The molecule has 1 fully saturated rings. The Bertz CT molecular complexity index is 1070. The third kappa shape index (κ3) is 4.80. The van der Waals surface area contributed by atoms with E-state index >= 15 is 0 Å². The second-order valence-electron chi connectivity index (χ2n) is 7.31. The van der Waals surface area contributed by atoms with Crippen molar-refractivity contribution in [2.45, 2.75) is 6.92 Å². The molecule has 2 N–H and O–H groups in total. The summed E-state index contributed by atoms with van der Waals surface area (Å²) in [6, 6.07) is 12.6. The SMILES string of the molecule is COc1cc(NC(=O)Nc2ccc3nc(N4CCOCC4)cc(C)c3c2)cc(OC)c1. The van der Waals surface area contributed by atoms with Crippen molar-refractivity contribution < 1.29 is 19.0 Å². The van der Waals surface area contributed by atoms with E-state index in [9.17, 15) is 4.79 Å². The van der Waals surface area contributed by atoms with Crippen LogP contribution in [-0.4, -0.2) is 51.5 Å². The highest BCUT2D eigenvalue weighted by Gasteiger charge is 2.14. The van der Waals surface area contributed by atoms with Crippen LogP contribution in [0.1, 0.15) is 5.56 Å². The number of benzene rings is 2. The Morgan fingerprint density at radius 3 is 2.32 bits per heavy atom. The smallest absolute Gasteiger partial charge is 0.323 e. The molecule has 8 nitrogen and oxygen atoms in total. The van der Waals surface area contributed by atoms with Crippen LogP contribution in [0, 0.1) is 6.92 Å². The average molecular weight is 422 g/mol. The van der Waals surface area contributed by atoms with Gasteiger partial charge in [0.25, 0.3) is 0 Å². The summed E-state index contributed by atoms with van der Waals surface area (Å²) in [5.41, 5.74) is 3.25. The number of ether oxygens (including phenoxy) is 3. The minimum Gasteiger partial charge on any atom is -0.497 e. The molecule has 2 amide bonds. The lowest BCUT2D eigenvalue weighted by Gasteiger charge is -2.28. The topological polar surface area (TPSA) is 85.0 Å². The van der Waals surface area contributed by atoms with Crippen LogP contribution < -0.4 is 25.0 Å². The van der Waals surface area contributed by atoms with Gasteiger partial charge in [-0.05, 0) is 36.8 Å². The van der Waals surface area contributed by atoms with E-state index in [0.717, 1.165) is 48.6 Å². The highest BCUT2D eigenvalue weighted by atomic mass is 16.5. The first-order valence-electron chi connectivity index (χ1n) is 10.1. The number of carbonyl (C=O) groups is 1. The van der Waals surface area contributed by atoms with Crippen LogP contribution >= 0.6 is 0 Å². The lowest BCUT2D eigenvalue weighted by atomic mass is 10.1. The van der Waals surface area contributed by atoms with Crippen molar-refractivity contribution in [1.82, 2.24) is 4.98 Å². The molecule has 8 heteroatoms. The number of nitrogens with one attached hydrogen (secondary N) is 2. The number of aryl methyl sites for hydroxylation is 1. The predicted molar refractivity (Wildman–Crippen MR) is 122 cm³/mol. The lowest BCUT2D eigenvalue weighted by molar-refractivity contribution is 0.122. The first-order chi connectivity index (χ1) is 15.1. The van der Waals surface area contributed by atoms with Crippen LogP contribution in [0.2, 0.25) is 0 Å². The van der Waals surface area contributed by atoms with Gasteiger partial charge in [0, 0.05) is 48.0 Å². The van der Waals surface area contributed by atoms with Gasteiger partial charge in [-0.3, -0.25) is 0 Å². The Morgan fingerprint density at radius 2 is 1.65 bits per heavy atom. The Hall–Kier alpha value is -3.52. The monoisotopic (exact) mass is 422 g/mol. The zero-order valence-corrected chi connectivity index (χ0v) is 17.9. The molecule has 0 unspecified atom stereocenters. The summed E-state index contributed by atoms with van der Waals surface area (Å²) in [7, 11) is 3.13. The molecular formula is C23H26N4O4. The summed E-state index contributed by atoms with van der Waals surface area (Å²) in [5.74, 6) is 2.15. The number of amides is 2. The number of hydrogen-bond acceptors (Lipinski definition) is 6. The van der Waals surface area contributed by atoms with Crippen LogP contribution in [-0.2, 0) is 4.74 Å². The molecule has 1 saturated heterocycles. The Balaban J connectivity index is 1.51. The van der Waals surface area contributed by atoms with Crippen molar-refractivity contribution in [3.05, 3.63) is 48.0 Å². The molecule has 0 atom stereocenters. The number of methoxy groups -OCH3 is 2. The van der Waals surface area contributed by atoms with Crippen molar-refractivity contribution >= 4 is 34.1 Å². The van der Waals surface area contributed by atoms with Gasteiger partial charge in [-0.15, -0.1) is 0 Å². The zero-order valence-electron chi connectivity index (χ0n) is 17.9. The molecule has 1 aliphatic heterocycles. The van der Waals surface area contributed by atoms with Gasteiger partial charge in [0.05, 0.1) is 33.0 Å². The number of pyridine rings is 1. The summed E-state index contributed by atoms with van der Waals surface area (Å²) in [4.78, 5) is 19.6. The predicted octanol–water partition coefficient (Wildman–Crippen LogP) is 4.04. The molecule has 0 spiro atoms. The highest BCUT2D eigenvalue weighted by molar-refractivity contribution is 6.01. The van der Waals surface area contributed by atoms with Gasteiger partial charge in [0.2, 0.25) is 0 Å². The minimum absolute atomic E-state index is 0.356. The van der Waals surface area contributed by atoms with Gasteiger partial charge in [-0.25, -0.2) is 9.78 Å². The second kappa shape index (κ2) is 9.09. The van der Waals surface area contributed by atoms with Gasteiger partial charge in [-0.1, -0.05) is 0 Å². The molecule has 1 aliphatic rings. The third-order valence-electron chi connectivity index (χ3n) is 5.20. The maximum absolute atomic E-state index is 12.5. The first kappa shape index (κ1) is 20.7. The van der Waals surface area contributed by atoms with Crippen molar-refractivity contribution in [2.75, 3.05) is 56.1 Å². The lowest BCUT2D eigenvalue weighted by Crippen LogP contribution is -2.36. The number of hydrogen-bond donors (Lipinski definition) is 2. The summed E-state index contributed by atoms with van der Waals surface area (Å²) >= 11 is 0. The van der Waals surface area contributed by atoms with Crippen molar-refractivity contribution in [1.29, 1.82) is 0 Å². The highest BCUT2D eigenvalue weighted by Crippen LogP contribution is 2.27. The normalized spacial score (nSPS) is 13.7. The van der Waals surface area contributed by atoms with Crippen LogP contribution in [0.5, 0.6) is 11.5 Å². The molecule has 2 aromatic carbocycles. The third-order valence-corrected chi connectivity index (χ3v) is 5.20. The van der Waals surface area contributed by atoms with Gasteiger partial charge < -0.3 is 29.7 Å². The Labute approximate surface area is 181 Å². The molecule has 3 aromatic rings. The summed E-state index contributed by atoms with van der Waals surface area (Å²) in [5, 5.41) is 6.68. The largest absolute Gasteiger partial charge is 0.497 e. The van der Waals surface area contributed by atoms with Gasteiger partial charge >= 0.3 is 6.03 Å². The van der Waals surface area contributed by atoms with E-state index < -0.39 is 0 Å².